The first-order chi connectivity index (χ1) is 14.0. The van der Waals surface area contributed by atoms with E-state index < -0.39 is 24.8 Å². The van der Waals surface area contributed by atoms with Crippen molar-refractivity contribution in [1.29, 1.82) is 0 Å². The van der Waals surface area contributed by atoms with Gasteiger partial charge < -0.3 is 25.4 Å². The molecule has 0 saturated carbocycles. The predicted octanol–water partition coefficient (Wildman–Crippen LogP) is 1.06. The second-order valence-corrected chi connectivity index (χ2v) is 6.36. The maximum atomic E-state index is 12.5. The average Bonchev–Trinajstić information content (AvgIpc) is 3.13. The lowest BCUT2D eigenvalue weighted by Crippen LogP contribution is -2.38. The number of benzene rings is 1. The van der Waals surface area contributed by atoms with Crippen LogP contribution in [0.15, 0.2) is 36.4 Å². The third kappa shape index (κ3) is 4.80. The fourth-order valence-electron chi connectivity index (χ4n) is 2.95. The quantitative estimate of drug-likeness (QED) is 0.330. The van der Waals surface area contributed by atoms with Gasteiger partial charge in [-0.05, 0) is 12.5 Å². The van der Waals surface area contributed by atoms with Gasteiger partial charge in [-0.25, -0.2) is 9.78 Å². The Hall–Kier alpha value is -3.21. The number of carbonyl (C=O) groups is 1. The number of carbonyl (C=O) groups excluding carboxylic acids is 1. The van der Waals surface area contributed by atoms with Gasteiger partial charge in [-0.1, -0.05) is 30.3 Å². The van der Waals surface area contributed by atoms with Gasteiger partial charge in [-0.15, -0.1) is 5.10 Å². The number of aromatic nitrogens is 3. The minimum atomic E-state index is -0.814. The average molecular weight is 401 g/mol. The number of aromatic amines is 1. The molecule has 0 unspecified atom stereocenters. The highest BCUT2D eigenvalue weighted by Crippen LogP contribution is 2.28. The third-order valence-corrected chi connectivity index (χ3v) is 4.24. The van der Waals surface area contributed by atoms with Crippen molar-refractivity contribution in [3.05, 3.63) is 47.7 Å². The van der Waals surface area contributed by atoms with Crippen LogP contribution in [0.5, 0.6) is 5.88 Å². The number of nitrogens with zero attached hydrogens (tertiary/aromatic N) is 2. The minimum absolute atomic E-state index is 0.0491. The molecule has 2 atom stereocenters. The Balaban J connectivity index is 1.79. The van der Waals surface area contributed by atoms with E-state index >= 15 is 0 Å². The normalized spacial score (nSPS) is 13.1. The highest BCUT2D eigenvalue weighted by Gasteiger charge is 2.21. The van der Waals surface area contributed by atoms with Gasteiger partial charge >= 0.3 is 6.03 Å². The predicted molar refractivity (Wildman–Crippen MR) is 105 cm³/mol. The van der Waals surface area contributed by atoms with Crippen molar-refractivity contribution in [2.45, 2.75) is 25.7 Å². The van der Waals surface area contributed by atoms with E-state index in [0.717, 1.165) is 5.56 Å². The first-order valence-electron chi connectivity index (χ1n) is 9.06. The van der Waals surface area contributed by atoms with Crippen molar-refractivity contribution in [3.8, 4) is 5.88 Å². The summed E-state index contributed by atoms with van der Waals surface area (Å²) in [5.41, 5.74) is 1.52. The van der Waals surface area contributed by atoms with Crippen LogP contribution in [-0.4, -0.2) is 55.8 Å². The summed E-state index contributed by atoms with van der Waals surface area (Å²) in [4.78, 5) is 16.7. The molecule has 0 radical (unpaired) electrons. The van der Waals surface area contributed by atoms with Gasteiger partial charge in [0.25, 0.3) is 0 Å². The molecule has 154 valence electrons. The van der Waals surface area contributed by atoms with Crippen LogP contribution >= 0.6 is 0 Å². The van der Waals surface area contributed by atoms with Crippen LogP contribution in [0.3, 0.4) is 0 Å². The molecule has 2 aromatic heterocycles. The lowest BCUT2D eigenvalue weighted by molar-refractivity contribution is 0.148. The topological polar surface area (TPSA) is 153 Å². The number of aliphatic hydroxyl groups excluding tert-OH is 3. The summed E-state index contributed by atoms with van der Waals surface area (Å²) in [6, 6.07) is 9.49. The molecule has 3 aromatic rings. The zero-order valence-corrected chi connectivity index (χ0v) is 15.8. The molecule has 0 aliphatic heterocycles. The second kappa shape index (κ2) is 9.32. The molecule has 1 aromatic carbocycles. The number of pyridine rings is 1. The van der Waals surface area contributed by atoms with Gasteiger partial charge in [0.05, 0.1) is 42.0 Å². The smallest absolute Gasteiger partial charge is 0.320 e. The van der Waals surface area contributed by atoms with Crippen LogP contribution < -0.4 is 15.4 Å². The first-order valence-corrected chi connectivity index (χ1v) is 9.06. The van der Waals surface area contributed by atoms with E-state index in [1.807, 2.05) is 30.3 Å². The van der Waals surface area contributed by atoms with Crippen molar-refractivity contribution in [1.82, 2.24) is 20.5 Å². The maximum absolute atomic E-state index is 12.5. The minimum Gasteiger partial charge on any atom is -0.474 e. The van der Waals surface area contributed by atoms with Gasteiger partial charge in [0.15, 0.2) is 0 Å². The molecule has 29 heavy (non-hydrogen) atoms. The van der Waals surface area contributed by atoms with Gasteiger partial charge in [0.1, 0.15) is 12.4 Å². The van der Waals surface area contributed by atoms with Crippen molar-refractivity contribution in [2.24, 2.45) is 0 Å². The summed E-state index contributed by atoms with van der Waals surface area (Å²) >= 11 is 0. The number of urea groups is 1. The van der Waals surface area contributed by atoms with Crippen LogP contribution in [0.2, 0.25) is 0 Å². The summed E-state index contributed by atoms with van der Waals surface area (Å²) in [6.45, 7) is 1.06. The van der Waals surface area contributed by atoms with E-state index in [1.165, 1.54) is 0 Å². The number of amides is 2. The van der Waals surface area contributed by atoms with Gasteiger partial charge in [0.2, 0.25) is 5.88 Å². The van der Waals surface area contributed by atoms with Crippen LogP contribution in [0.4, 0.5) is 10.6 Å². The van der Waals surface area contributed by atoms with E-state index in [4.69, 9.17) is 9.84 Å². The van der Waals surface area contributed by atoms with E-state index in [1.54, 1.807) is 13.0 Å². The van der Waals surface area contributed by atoms with Crippen LogP contribution in [0.1, 0.15) is 24.2 Å². The van der Waals surface area contributed by atoms with Crippen molar-refractivity contribution >= 4 is 22.8 Å². The zero-order chi connectivity index (χ0) is 20.8. The Bertz CT molecular complexity index is 960. The Kier molecular flexibility index (Phi) is 6.60. The summed E-state index contributed by atoms with van der Waals surface area (Å²) in [5, 5.41) is 41.1. The number of H-pyrrole nitrogens is 1. The van der Waals surface area contributed by atoms with Crippen molar-refractivity contribution < 1.29 is 24.9 Å². The van der Waals surface area contributed by atoms with Gasteiger partial charge in [-0.2, -0.15) is 0 Å². The number of ether oxygens (including phenoxy) is 1. The first kappa shape index (κ1) is 20.5. The van der Waals surface area contributed by atoms with E-state index in [-0.39, 0.29) is 30.6 Å². The van der Waals surface area contributed by atoms with E-state index in [9.17, 15) is 15.0 Å². The number of hydrogen-bond acceptors (Lipinski definition) is 7. The molecular formula is C19H23N5O5. The molecule has 0 spiro atoms. The Morgan fingerprint density at radius 3 is 2.69 bits per heavy atom. The Morgan fingerprint density at radius 2 is 2.03 bits per heavy atom. The molecule has 2 amide bonds. The number of nitrogens with one attached hydrogen (secondary N) is 3. The largest absolute Gasteiger partial charge is 0.474 e. The van der Waals surface area contributed by atoms with Crippen molar-refractivity contribution in [3.63, 3.8) is 0 Å². The van der Waals surface area contributed by atoms with Crippen LogP contribution in [0, 0.1) is 0 Å². The molecule has 0 aliphatic rings. The standard InChI is InChI=1S/C19H23N5O5/c1-11(27)17(12-5-3-2-4-6-12)22-19(28)21-15-9-13-16(14(10-26)20-15)18(24-23-13)29-8-7-25/h2-6,9,11,17,25-27H,7-8,10H2,1H3,(H,23,24)(H2,20,21,22,28)/t11-,17-/m1/s1. The summed E-state index contributed by atoms with van der Waals surface area (Å²) in [6.07, 6.45) is -0.814. The highest BCUT2D eigenvalue weighted by molar-refractivity contribution is 5.93. The number of fused-ring (bicyclic) bond motifs is 1. The highest BCUT2D eigenvalue weighted by atomic mass is 16.5. The molecule has 2 heterocycles. The molecule has 0 bridgehead atoms. The van der Waals surface area contributed by atoms with Crippen molar-refractivity contribution in [2.75, 3.05) is 18.5 Å². The van der Waals surface area contributed by atoms with Gasteiger partial charge in [-0.3, -0.25) is 10.4 Å². The summed E-state index contributed by atoms with van der Waals surface area (Å²) in [5.74, 6) is 0.397. The molecular weight excluding hydrogens is 378 g/mol. The monoisotopic (exact) mass is 401 g/mol. The summed E-state index contributed by atoms with van der Waals surface area (Å²) < 4.78 is 5.33. The molecule has 0 fully saturated rings. The van der Waals surface area contributed by atoms with Gasteiger partial charge in [0, 0.05) is 6.07 Å². The fraction of sp³-hybridized carbons (Fsp3) is 0.316. The summed E-state index contributed by atoms with van der Waals surface area (Å²) in [7, 11) is 0. The molecule has 0 aliphatic carbocycles. The van der Waals surface area contributed by atoms with E-state index in [2.05, 4.69) is 25.8 Å². The van der Waals surface area contributed by atoms with E-state index in [0.29, 0.717) is 10.9 Å². The molecule has 6 N–H and O–H groups in total. The fourth-order valence-corrected chi connectivity index (χ4v) is 2.95. The number of hydrogen-bond donors (Lipinski definition) is 6. The number of aliphatic hydroxyl groups is 3. The molecule has 10 heteroatoms. The lowest BCUT2D eigenvalue weighted by Gasteiger charge is -2.22. The second-order valence-electron chi connectivity index (χ2n) is 6.36. The molecule has 3 rings (SSSR count). The maximum Gasteiger partial charge on any atom is 0.320 e. The van der Waals surface area contributed by atoms with Crippen LogP contribution in [-0.2, 0) is 6.61 Å². The zero-order valence-electron chi connectivity index (χ0n) is 15.8. The SMILES string of the molecule is C[C@@H](O)[C@@H](NC(=O)Nc1cc2[nH]nc(OCCO)c2c(CO)n1)c1ccccc1. The number of anilines is 1. The third-order valence-electron chi connectivity index (χ3n) is 4.24. The molecule has 0 saturated heterocycles. The lowest BCUT2D eigenvalue weighted by atomic mass is 10.0. The Labute approximate surface area is 166 Å². The van der Waals surface area contributed by atoms with Crippen LogP contribution in [0.25, 0.3) is 10.9 Å². The molecule has 10 nitrogen and oxygen atoms in total. The number of rotatable bonds is 8. The Morgan fingerprint density at radius 1 is 1.28 bits per heavy atom.